The summed E-state index contributed by atoms with van der Waals surface area (Å²) in [6.07, 6.45) is 3.74. The van der Waals surface area contributed by atoms with E-state index in [9.17, 15) is 8.42 Å². The van der Waals surface area contributed by atoms with Gasteiger partial charge in [-0.3, -0.25) is 9.29 Å². The molecule has 4 rings (SSSR count). The summed E-state index contributed by atoms with van der Waals surface area (Å²) in [4.78, 5) is 8.68. The number of para-hydroxylation sites is 1. The lowest BCUT2D eigenvalue weighted by Gasteiger charge is -2.26. The topological polar surface area (TPSA) is 140 Å². The van der Waals surface area contributed by atoms with Crippen LogP contribution in [0, 0.1) is 6.92 Å². The molecule has 3 heterocycles. The normalized spacial score (nSPS) is 17.6. The first-order valence-electron chi connectivity index (χ1n) is 12.9. The highest BCUT2D eigenvalue weighted by Gasteiger charge is 2.36. The molecule has 3 aromatic rings. The average Bonchev–Trinajstić information content (AvgIpc) is 3.33. The van der Waals surface area contributed by atoms with Crippen molar-refractivity contribution in [1.82, 2.24) is 24.7 Å². The first kappa shape index (κ1) is 28.7. The van der Waals surface area contributed by atoms with Gasteiger partial charge in [0.1, 0.15) is 34.4 Å². The largest absolute Gasteiger partial charge is 0.494 e. The summed E-state index contributed by atoms with van der Waals surface area (Å²) in [5, 5.41) is 7.61. The number of anilines is 1. The van der Waals surface area contributed by atoms with Crippen molar-refractivity contribution in [3.63, 3.8) is 0 Å². The zero-order valence-electron chi connectivity index (χ0n) is 23.1. The second-order valence-electron chi connectivity index (χ2n) is 9.72. The van der Waals surface area contributed by atoms with Gasteiger partial charge >= 0.3 is 0 Å². The Hall–Kier alpha value is -3.29. The van der Waals surface area contributed by atoms with Gasteiger partial charge in [-0.15, -0.1) is 10.2 Å². The van der Waals surface area contributed by atoms with Gasteiger partial charge < -0.3 is 18.9 Å². The van der Waals surface area contributed by atoms with Crippen LogP contribution < -0.4 is 14.2 Å². The molecule has 0 saturated carbocycles. The molecule has 0 spiro atoms. The number of rotatable bonds is 11. The standard InChI is InChI=1S/C26H36N6O6S/c1-16(2)38-23(24-27-13-17(3)14-28-24)18(4)39(33,34)31-26-30-29-25(19-9-8-12-37-15-19)32(26)22-20(35-5)10-7-11-21(22)36-6/h7,10-11,13-14,16,18-19,23H,8-9,12,15H2,1-6H3,(H,30,31)/t18-,19+,23+/m0/s1. The zero-order valence-corrected chi connectivity index (χ0v) is 23.9. The average molecular weight is 561 g/mol. The minimum Gasteiger partial charge on any atom is -0.494 e. The van der Waals surface area contributed by atoms with Crippen LogP contribution in [0.2, 0.25) is 0 Å². The van der Waals surface area contributed by atoms with Crippen LogP contribution in [0.3, 0.4) is 0 Å². The van der Waals surface area contributed by atoms with Crippen LogP contribution in [0.1, 0.15) is 62.8 Å². The number of hydrogen-bond acceptors (Lipinski definition) is 10. The fraction of sp³-hybridized carbons (Fsp3) is 0.538. The number of nitrogens with one attached hydrogen (secondary N) is 1. The van der Waals surface area contributed by atoms with E-state index in [2.05, 4.69) is 24.9 Å². The summed E-state index contributed by atoms with van der Waals surface area (Å²) in [6, 6.07) is 5.32. The van der Waals surface area contributed by atoms with Crippen molar-refractivity contribution in [2.45, 2.75) is 63.9 Å². The predicted octanol–water partition coefficient (Wildman–Crippen LogP) is 3.57. The first-order valence-corrected chi connectivity index (χ1v) is 14.4. The Balaban J connectivity index is 1.79. The fourth-order valence-corrected chi connectivity index (χ4v) is 5.53. The SMILES string of the molecule is COc1cccc(OC)c1-n1c(NS(=O)(=O)[C@@H](C)[C@@H](OC(C)C)c2ncc(C)cn2)nnc1[C@@H]1CCCOC1. The van der Waals surface area contributed by atoms with E-state index in [0.29, 0.717) is 36.2 Å². The highest BCUT2D eigenvalue weighted by atomic mass is 32.2. The Morgan fingerprint density at radius 3 is 2.31 bits per heavy atom. The number of methoxy groups -OCH3 is 2. The Labute approximate surface area is 229 Å². The molecule has 0 radical (unpaired) electrons. The van der Waals surface area contributed by atoms with Crippen LogP contribution in [-0.4, -0.2) is 71.9 Å². The number of benzene rings is 1. The van der Waals surface area contributed by atoms with Crippen molar-refractivity contribution in [1.29, 1.82) is 0 Å². The maximum absolute atomic E-state index is 13.8. The van der Waals surface area contributed by atoms with Gasteiger partial charge in [-0.2, -0.15) is 0 Å². The van der Waals surface area contributed by atoms with E-state index in [1.807, 2.05) is 20.8 Å². The third-order valence-electron chi connectivity index (χ3n) is 6.46. The molecule has 1 N–H and O–H groups in total. The molecule has 0 unspecified atom stereocenters. The van der Waals surface area contributed by atoms with Gasteiger partial charge in [0, 0.05) is 24.9 Å². The molecule has 1 aliphatic heterocycles. The van der Waals surface area contributed by atoms with Gasteiger partial charge in [-0.05, 0) is 58.2 Å². The van der Waals surface area contributed by atoms with E-state index in [4.69, 9.17) is 18.9 Å². The highest BCUT2D eigenvalue weighted by Crippen LogP contribution is 2.38. The summed E-state index contributed by atoms with van der Waals surface area (Å²) in [7, 11) is -1.02. The molecule has 0 amide bonds. The molecule has 3 atom stereocenters. The first-order chi connectivity index (χ1) is 18.7. The van der Waals surface area contributed by atoms with Crippen molar-refractivity contribution in [3.05, 3.63) is 47.8 Å². The van der Waals surface area contributed by atoms with Crippen molar-refractivity contribution in [2.75, 3.05) is 32.2 Å². The van der Waals surface area contributed by atoms with Gasteiger partial charge in [0.25, 0.3) is 0 Å². The molecule has 2 aromatic heterocycles. The lowest BCUT2D eigenvalue weighted by atomic mass is 10.0. The lowest BCUT2D eigenvalue weighted by molar-refractivity contribution is 0.00152. The highest BCUT2D eigenvalue weighted by molar-refractivity contribution is 7.93. The van der Waals surface area contributed by atoms with Crippen molar-refractivity contribution in [2.24, 2.45) is 0 Å². The Morgan fingerprint density at radius 1 is 1.08 bits per heavy atom. The van der Waals surface area contributed by atoms with Crippen LogP contribution in [-0.2, 0) is 19.5 Å². The minimum absolute atomic E-state index is 0.00153. The van der Waals surface area contributed by atoms with E-state index >= 15 is 0 Å². The van der Waals surface area contributed by atoms with Crippen molar-refractivity contribution >= 4 is 16.0 Å². The summed E-state index contributed by atoms with van der Waals surface area (Å²) in [5.74, 6) is 1.65. The van der Waals surface area contributed by atoms with E-state index in [1.54, 1.807) is 42.1 Å². The number of aromatic nitrogens is 5. The third-order valence-corrected chi connectivity index (χ3v) is 8.16. The van der Waals surface area contributed by atoms with Crippen LogP contribution in [0.15, 0.2) is 30.6 Å². The second-order valence-corrected chi connectivity index (χ2v) is 11.8. The third kappa shape index (κ3) is 6.31. The molecule has 0 bridgehead atoms. The number of sulfonamides is 1. The van der Waals surface area contributed by atoms with E-state index in [1.165, 1.54) is 14.2 Å². The molecular weight excluding hydrogens is 524 g/mol. The molecular formula is C26H36N6O6S. The molecule has 0 aliphatic carbocycles. The molecule has 12 nitrogen and oxygen atoms in total. The monoisotopic (exact) mass is 560 g/mol. The molecule has 1 saturated heterocycles. The number of nitrogens with zero attached hydrogens (tertiary/aromatic N) is 5. The quantitative estimate of drug-likeness (QED) is 0.370. The molecule has 39 heavy (non-hydrogen) atoms. The van der Waals surface area contributed by atoms with Gasteiger partial charge in [0.2, 0.25) is 16.0 Å². The summed E-state index contributed by atoms with van der Waals surface area (Å²) >= 11 is 0. The zero-order chi connectivity index (χ0) is 28.2. The summed E-state index contributed by atoms with van der Waals surface area (Å²) in [6.45, 7) is 8.18. The maximum atomic E-state index is 13.8. The number of ether oxygens (including phenoxy) is 4. The molecule has 1 aliphatic rings. The lowest BCUT2D eigenvalue weighted by Crippen LogP contribution is -2.35. The molecule has 13 heteroatoms. The minimum atomic E-state index is -4.09. The summed E-state index contributed by atoms with van der Waals surface area (Å²) < 4.78 is 54.9. The smallest absolute Gasteiger partial charge is 0.243 e. The maximum Gasteiger partial charge on any atom is 0.243 e. The second kappa shape index (κ2) is 12.3. The van der Waals surface area contributed by atoms with Crippen LogP contribution in [0.5, 0.6) is 11.5 Å². The van der Waals surface area contributed by atoms with Crippen LogP contribution in [0.25, 0.3) is 5.69 Å². The Morgan fingerprint density at radius 2 is 1.74 bits per heavy atom. The molecule has 212 valence electrons. The van der Waals surface area contributed by atoms with Crippen molar-refractivity contribution < 1.29 is 27.4 Å². The fourth-order valence-electron chi connectivity index (χ4n) is 4.45. The van der Waals surface area contributed by atoms with Gasteiger partial charge in [0.15, 0.2) is 5.82 Å². The van der Waals surface area contributed by atoms with Gasteiger partial charge in [0.05, 0.1) is 26.9 Å². The van der Waals surface area contributed by atoms with E-state index in [0.717, 1.165) is 18.4 Å². The van der Waals surface area contributed by atoms with E-state index < -0.39 is 21.4 Å². The van der Waals surface area contributed by atoms with Gasteiger partial charge in [-0.1, -0.05) is 6.07 Å². The molecule has 1 fully saturated rings. The predicted molar refractivity (Wildman–Crippen MR) is 145 cm³/mol. The Bertz CT molecular complexity index is 1330. The summed E-state index contributed by atoms with van der Waals surface area (Å²) in [5.41, 5.74) is 1.34. The van der Waals surface area contributed by atoms with Crippen LogP contribution in [0.4, 0.5) is 5.95 Å². The number of aryl methyl sites for hydroxylation is 1. The van der Waals surface area contributed by atoms with Crippen LogP contribution >= 0.6 is 0 Å². The van der Waals surface area contributed by atoms with Gasteiger partial charge in [-0.25, -0.2) is 18.4 Å². The molecule has 1 aromatic carbocycles. The van der Waals surface area contributed by atoms with Crippen molar-refractivity contribution in [3.8, 4) is 17.2 Å². The number of hydrogen-bond donors (Lipinski definition) is 1. The Kier molecular flexibility index (Phi) is 9.03. The van der Waals surface area contributed by atoms with E-state index in [-0.39, 0.29) is 23.8 Å².